The molecule has 2 heterocycles. The van der Waals surface area contributed by atoms with Gasteiger partial charge in [-0.3, -0.25) is 4.79 Å². The van der Waals surface area contributed by atoms with Crippen LogP contribution in [0.2, 0.25) is 0 Å². The summed E-state index contributed by atoms with van der Waals surface area (Å²) < 4.78 is 13.3. The molecule has 1 aliphatic heterocycles. The summed E-state index contributed by atoms with van der Waals surface area (Å²) in [6, 6.07) is 1.27. The molecule has 0 spiro atoms. The van der Waals surface area contributed by atoms with Gasteiger partial charge in [-0.15, -0.1) is 0 Å². The topological polar surface area (TPSA) is 45.2 Å². The average Bonchev–Trinajstić information content (AvgIpc) is 2.83. The zero-order valence-electron chi connectivity index (χ0n) is 11.4. The number of halogens is 1. The van der Waals surface area contributed by atoms with Crippen LogP contribution in [-0.2, 0) is 0 Å². The van der Waals surface area contributed by atoms with Gasteiger partial charge in [-0.1, -0.05) is 13.8 Å². The third-order valence-electron chi connectivity index (χ3n) is 3.34. The average molecular weight is 265 g/mol. The van der Waals surface area contributed by atoms with E-state index in [1.807, 2.05) is 6.92 Å². The van der Waals surface area contributed by atoms with E-state index < -0.39 is 5.82 Å². The predicted molar refractivity (Wildman–Crippen MR) is 72.7 cm³/mol. The van der Waals surface area contributed by atoms with Crippen LogP contribution in [0, 0.1) is 11.7 Å². The molecular weight excluding hydrogens is 245 g/mol. The Hall–Kier alpha value is -1.65. The summed E-state index contributed by atoms with van der Waals surface area (Å²) in [7, 11) is 0. The second kappa shape index (κ2) is 5.99. The van der Waals surface area contributed by atoms with Crippen molar-refractivity contribution in [3.8, 4) is 0 Å². The van der Waals surface area contributed by atoms with Crippen molar-refractivity contribution in [2.75, 3.05) is 25.0 Å². The number of carbonyl (C=O) groups is 1. The Morgan fingerprint density at radius 3 is 3.05 bits per heavy atom. The minimum atomic E-state index is -0.474. The highest BCUT2D eigenvalue weighted by atomic mass is 19.1. The smallest absolute Gasteiger partial charge is 0.257 e. The van der Waals surface area contributed by atoms with E-state index >= 15 is 0 Å². The van der Waals surface area contributed by atoms with E-state index in [1.165, 1.54) is 6.07 Å². The molecule has 1 saturated heterocycles. The number of hydrogen-bond donors (Lipinski definition) is 1. The molecule has 19 heavy (non-hydrogen) atoms. The summed E-state index contributed by atoms with van der Waals surface area (Å²) in [6.45, 7) is 6.34. The molecule has 4 nitrogen and oxygen atoms in total. The summed E-state index contributed by atoms with van der Waals surface area (Å²) >= 11 is 0. The molecule has 0 aromatic carbocycles. The number of carbonyl (C=O) groups excluding carboxylic acids is 1. The highest BCUT2D eigenvalue weighted by molar-refractivity contribution is 5.98. The fourth-order valence-electron chi connectivity index (χ4n) is 2.28. The second-order valence-corrected chi connectivity index (χ2v) is 5.12. The van der Waals surface area contributed by atoms with Crippen molar-refractivity contribution < 1.29 is 9.18 Å². The normalized spacial score (nSPS) is 18.7. The summed E-state index contributed by atoms with van der Waals surface area (Å²) in [6.07, 6.45) is 3.07. The Kier molecular flexibility index (Phi) is 4.35. The summed E-state index contributed by atoms with van der Waals surface area (Å²) in [5, 5.41) is 3.08. The van der Waals surface area contributed by atoms with E-state index in [0.717, 1.165) is 38.7 Å². The molecule has 0 bridgehead atoms. The number of nitrogens with one attached hydrogen (secondary N) is 1. The van der Waals surface area contributed by atoms with Gasteiger partial charge in [-0.05, 0) is 24.8 Å². The fourth-order valence-corrected chi connectivity index (χ4v) is 2.28. The van der Waals surface area contributed by atoms with Gasteiger partial charge in [0.05, 0.1) is 11.8 Å². The maximum Gasteiger partial charge on any atom is 0.257 e. The highest BCUT2D eigenvalue weighted by Crippen LogP contribution is 2.21. The lowest BCUT2D eigenvalue weighted by Gasteiger charge is -2.18. The lowest BCUT2D eigenvalue weighted by molar-refractivity contribution is 0.0788. The van der Waals surface area contributed by atoms with E-state index in [0.29, 0.717) is 17.3 Å². The lowest BCUT2D eigenvalue weighted by Crippen LogP contribution is -2.29. The van der Waals surface area contributed by atoms with Crippen molar-refractivity contribution in [3.63, 3.8) is 0 Å². The van der Waals surface area contributed by atoms with Crippen LogP contribution in [0.4, 0.5) is 10.2 Å². The molecular formula is C14H20FN3O. The van der Waals surface area contributed by atoms with Crippen LogP contribution in [0.25, 0.3) is 0 Å². The summed E-state index contributed by atoms with van der Waals surface area (Å²) in [4.78, 5) is 18.2. The quantitative estimate of drug-likeness (QED) is 0.910. The van der Waals surface area contributed by atoms with Crippen LogP contribution in [0.3, 0.4) is 0 Å². The van der Waals surface area contributed by atoms with Crippen molar-refractivity contribution in [1.29, 1.82) is 0 Å². The fraction of sp³-hybridized carbons (Fsp3) is 0.571. The van der Waals surface area contributed by atoms with Crippen molar-refractivity contribution in [2.24, 2.45) is 5.92 Å². The number of hydrogen-bond acceptors (Lipinski definition) is 3. The molecule has 104 valence electrons. The molecule has 1 aromatic heterocycles. The molecule has 1 unspecified atom stereocenters. The van der Waals surface area contributed by atoms with Crippen LogP contribution in [0.1, 0.15) is 37.0 Å². The summed E-state index contributed by atoms with van der Waals surface area (Å²) in [5.74, 6) is 0.387. The van der Waals surface area contributed by atoms with Gasteiger partial charge in [-0.25, -0.2) is 9.37 Å². The number of aromatic nitrogens is 1. The van der Waals surface area contributed by atoms with Gasteiger partial charge in [0.1, 0.15) is 11.6 Å². The minimum absolute atomic E-state index is 0.130. The van der Waals surface area contributed by atoms with Crippen molar-refractivity contribution in [2.45, 2.75) is 26.7 Å². The van der Waals surface area contributed by atoms with Crippen molar-refractivity contribution in [3.05, 3.63) is 23.6 Å². The standard InChI is InChI=1S/C14H20FN3O/c1-3-5-16-13-12(7-11(15)8-17-13)14(19)18-6-4-10(2)9-18/h7-8,10H,3-6,9H2,1-2H3,(H,16,17). The van der Waals surface area contributed by atoms with Gasteiger partial charge >= 0.3 is 0 Å². The van der Waals surface area contributed by atoms with Crippen molar-refractivity contribution in [1.82, 2.24) is 9.88 Å². The maximum atomic E-state index is 13.3. The van der Waals surface area contributed by atoms with E-state index in [-0.39, 0.29) is 5.91 Å². The zero-order valence-corrected chi connectivity index (χ0v) is 11.4. The van der Waals surface area contributed by atoms with Crippen LogP contribution in [0.5, 0.6) is 0 Å². The van der Waals surface area contributed by atoms with Crippen LogP contribution >= 0.6 is 0 Å². The van der Waals surface area contributed by atoms with Crippen LogP contribution < -0.4 is 5.32 Å². The Labute approximate surface area is 113 Å². The minimum Gasteiger partial charge on any atom is -0.369 e. The molecule has 2 rings (SSSR count). The molecule has 1 aromatic rings. The Morgan fingerprint density at radius 1 is 1.63 bits per heavy atom. The van der Waals surface area contributed by atoms with Gasteiger partial charge in [0.25, 0.3) is 5.91 Å². The van der Waals surface area contributed by atoms with Crippen molar-refractivity contribution >= 4 is 11.7 Å². The molecule has 0 aliphatic carbocycles. The molecule has 0 saturated carbocycles. The van der Waals surface area contributed by atoms with Gasteiger partial charge in [0, 0.05) is 19.6 Å². The van der Waals surface area contributed by atoms with Gasteiger partial charge in [0.15, 0.2) is 0 Å². The Morgan fingerprint density at radius 2 is 2.42 bits per heavy atom. The maximum absolute atomic E-state index is 13.3. The number of likely N-dealkylation sites (tertiary alicyclic amines) is 1. The monoisotopic (exact) mass is 265 g/mol. The highest BCUT2D eigenvalue weighted by Gasteiger charge is 2.26. The largest absolute Gasteiger partial charge is 0.369 e. The molecule has 5 heteroatoms. The number of nitrogens with zero attached hydrogens (tertiary/aromatic N) is 2. The number of amides is 1. The van der Waals surface area contributed by atoms with Gasteiger partial charge in [0.2, 0.25) is 0 Å². The third kappa shape index (κ3) is 3.22. The molecule has 1 N–H and O–H groups in total. The molecule has 1 amide bonds. The first-order chi connectivity index (χ1) is 9.11. The van der Waals surface area contributed by atoms with E-state index in [2.05, 4.69) is 17.2 Å². The first-order valence-electron chi connectivity index (χ1n) is 6.80. The molecule has 1 aliphatic rings. The Bertz CT molecular complexity index is 464. The van der Waals surface area contributed by atoms with E-state index in [1.54, 1.807) is 4.90 Å². The predicted octanol–water partition coefficient (Wildman–Crippen LogP) is 2.52. The van der Waals surface area contributed by atoms with E-state index in [9.17, 15) is 9.18 Å². The molecule has 1 fully saturated rings. The van der Waals surface area contributed by atoms with Crippen LogP contribution in [0.15, 0.2) is 12.3 Å². The lowest BCUT2D eigenvalue weighted by atomic mass is 10.2. The zero-order chi connectivity index (χ0) is 13.8. The van der Waals surface area contributed by atoms with E-state index in [4.69, 9.17) is 0 Å². The second-order valence-electron chi connectivity index (χ2n) is 5.12. The number of rotatable bonds is 4. The van der Waals surface area contributed by atoms with Gasteiger partial charge in [-0.2, -0.15) is 0 Å². The SMILES string of the molecule is CCCNc1ncc(F)cc1C(=O)N1CCC(C)C1. The third-order valence-corrected chi connectivity index (χ3v) is 3.34. The first kappa shape index (κ1) is 13.8. The van der Waals surface area contributed by atoms with Crippen LogP contribution in [-0.4, -0.2) is 35.4 Å². The first-order valence-corrected chi connectivity index (χ1v) is 6.80. The Balaban J connectivity index is 2.21. The molecule has 1 atom stereocenters. The molecule has 0 radical (unpaired) electrons. The number of anilines is 1. The van der Waals surface area contributed by atoms with Gasteiger partial charge < -0.3 is 10.2 Å². The summed E-state index contributed by atoms with van der Waals surface area (Å²) in [5.41, 5.74) is 0.336. The number of pyridine rings is 1.